The molecule has 0 nitrogen and oxygen atoms in total. The van der Waals surface area contributed by atoms with E-state index in [9.17, 15) is 0 Å². The van der Waals surface area contributed by atoms with Crippen molar-refractivity contribution >= 4 is 5.57 Å². The molecule has 0 bridgehead atoms. The van der Waals surface area contributed by atoms with Crippen LogP contribution in [0.1, 0.15) is 274 Å². The third-order valence-electron chi connectivity index (χ3n) is 9.06. The van der Waals surface area contributed by atoms with Crippen molar-refractivity contribution in [1.29, 1.82) is 0 Å². The minimum atomic E-state index is 0.473. The lowest BCUT2D eigenvalue weighted by atomic mass is 9.91. The van der Waals surface area contributed by atoms with Crippen molar-refractivity contribution in [2.45, 2.75) is 271 Å². The smallest absolute Gasteiger partial charge is 0.00271 e. The van der Waals surface area contributed by atoms with Crippen molar-refractivity contribution in [3.8, 4) is 11.8 Å². The van der Waals surface area contributed by atoms with Crippen LogP contribution < -0.4 is 0 Å². The number of aryl methyl sites for hydroxylation is 1. The zero-order valence-corrected chi connectivity index (χ0v) is 52.7. The van der Waals surface area contributed by atoms with Crippen molar-refractivity contribution < 1.29 is 0 Å². The Morgan fingerprint density at radius 1 is 0.667 bits per heavy atom. The number of hydrogen-bond donors (Lipinski definition) is 0. The molecule has 1 unspecified atom stereocenters. The lowest BCUT2D eigenvalue weighted by Crippen LogP contribution is -2.02. The van der Waals surface area contributed by atoms with Crippen LogP contribution >= 0.6 is 0 Å². The molecule has 0 aliphatic heterocycles. The maximum absolute atomic E-state index is 4.08. The second-order valence-electron chi connectivity index (χ2n) is 18.5. The molecule has 0 N–H and O–H groups in total. The van der Waals surface area contributed by atoms with E-state index in [2.05, 4.69) is 212 Å². The van der Waals surface area contributed by atoms with Crippen LogP contribution in [0, 0.1) is 36.0 Å². The molecule has 1 atom stereocenters. The Morgan fingerprint density at radius 3 is 1.39 bits per heavy atom. The Kier molecular flexibility index (Phi) is 82.2. The molecule has 0 heteroatoms. The van der Waals surface area contributed by atoms with E-state index in [4.69, 9.17) is 0 Å². The van der Waals surface area contributed by atoms with E-state index in [-0.39, 0.29) is 0 Å². The van der Waals surface area contributed by atoms with Crippen molar-refractivity contribution in [2.75, 3.05) is 0 Å². The first-order valence-electron chi connectivity index (χ1n) is 28.0. The van der Waals surface area contributed by atoms with E-state index in [1.807, 2.05) is 80.5 Å². The number of rotatable bonds is 18. The van der Waals surface area contributed by atoms with Gasteiger partial charge in [0.15, 0.2) is 0 Å². The van der Waals surface area contributed by atoms with Gasteiger partial charge in [0.05, 0.1) is 0 Å². The molecule has 69 heavy (non-hydrogen) atoms. The van der Waals surface area contributed by atoms with Gasteiger partial charge in [0.1, 0.15) is 0 Å². The van der Waals surface area contributed by atoms with Crippen molar-refractivity contribution in [3.63, 3.8) is 0 Å². The first kappa shape index (κ1) is 85.3. The van der Waals surface area contributed by atoms with Crippen LogP contribution in [0.25, 0.3) is 5.57 Å². The third-order valence-corrected chi connectivity index (χ3v) is 9.06. The molecule has 1 aromatic carbocycles. The molecule has 1 aromatic rings. The Bertz CT molecular complexity index is 1490. The van der Waals surface area contributed by atoms with Gasteiger partial charge in [0.2, 0.25) is 0 Å². The summed E-state index contributed by atoms with van der Waals surface area (Å²) in [6, 6.07) is 6.88. The Labute approximate surface area is 440 Å². The van der Waals surface area contributed by atoms with Gasteiger partial charge < -0.3 is 0 Å². The number of benzene rings is 1. The predicted octanol–water partition coefficient (Wildman–Crippen LogP) is 25.0. The number of allylic oxidation sites excluding steroid dienone is 14. The van der Waals surface area contributed by atoms with E-state index in [1.54, 1.807) is 0 Å². The lowest BCUT2D eigenvalue weighted by Gasteiger charge is -2.15. The van der Waals surface area contributed by atoms with E-state index in [0.29, 0.717) is 11.3 Å². The first-order valence-corrected chi connectivity index (χ1v) is 28.0. The highest BCUT2D eigenvalue weighted by Crippen LogP contribution is 2.27. The summed E-state index contributed by atoms with van der Waals surface area (Å²) in [4.78, 5) is 0. The third kappa shape index (κ3) is 68.8. The molecule has 0 amide bonds. The molecule has 0 radical (unpaired) electrons. The van der Waals surface area contributed by atoms with Gasteiger partial charge in [-0.3, -0.25) is 0 Å². The summed E-state index contributed by atoms with van der Waals surface area (Å²) in [6.07, 6.45) is 29.6. The Balaban J connectivity index is -0.000000118. The quantitative estimate of drug-likeness (QED) is 0.0595. The summed E-state index contributed by atoms with van der Waals surface area (Å²) >= 11 is 0. The van der Waals surface area contributed by atoms with Gasteiger partial charge in [-0.25, -0.2) is 0 Å². The van der Waals surface area contributed by atoms with Crippen LogP contribution in [0.5, 0.6) is 0 Å². The number of unbranched alkanes of at least 4 members (excludes halogenated alkanes) is 3. The second-order valence-corrected chi connectivity index (χ2v) is 18.5. The van der Waals surface area contributed by atoms with Crippen LogP contribution in [-0.2, 0) is 6.42 Å². The van der Waals surface area contributed by atoms with Crippen molar-refractivity contribution in [2.24, 2.45) is 17.3 Å². The van der Waals surface area contributed by atoms with Gasteiger partial charge in [0, 0.05) is 0 Å². The largest absolute Gasteiger partial charge is 0.107 e. The highest BCUT2D eigenvalue weighted by molar-refractivity contribution is 5.75. The molecule has 0 aliphatic carbocycles. The molecule has 0 aromatic heterocycles. The summed E-state index contributed by atoms with van der Waals surface area (Å²) in [6.45, 7) is 75.1. The van der Waals surface area contributed by atoms with Crippen LogP contribution in [0.4, 0.5) is 0 Å². The highest BCUT2D eigenvalue weighted by atomic mass is 14.1. The number of hydrogen-bond acceptors (Lipinski definition) is 0. The fourth-order valence-corrected chi connectivity index (χ4v) is 5.54. The predicted molar refractivity (Wildman–Crippen MR) is 335 cm³/mol. The molecule has 0 saturated carbocycles. The standard InChI is InChI=1S/C34H46.C7H16.C6H14.C5H10.C4H10.C4H6.C3H8.3C2H6/c1-11-17-31(14-4)34(16-6)28(10)32(15-5)22-26(8)18-19-30(13-3)33-23-27(9)21-29(24-33)20-25(7)12-2;1-5-6-7(2,3)4;1-3-5-6-4-2;1-4-5(2)3;1-4(2)3;1-3-4-2;1-3-2;3*1-2/h12-14,16,18-19,21-25H,2,4,6,11,15,17,20H2,1,3,5,7-10H3;5-6H2,1-4H3;3-6H2,1-2H3;2,4H2,1,3H3;4H,1-3H3;1-2H3;3H2,1-2H3;3*1-2H3/b19-18-,26-22+,30-13+,32-28+,34-31-;;;;;;;;;. The van der Waals surface area contributed by atoms with E-state index in [1.165, 1.54) is 101 Å². The summed E-state index contributed by atoms with van der Waals surface area (Å²) in [5.41, 5.74) is 13.3. The zero-order valence-electron chi connectivity index (χ0n) is 52.7. The molecule has 1 rings (SSSR count). The minimum Gasteiger partial charge on any atom is -0.107 e. The van der Waals surface area contributed by atoms with Gasteiger partial charge >= 0.3 is 0 Å². The van der Waals surface area contributed by atoms with Gasteiger partial charge in [-0.05, 0) is 137 Å². The maximum Gasteiger partial charge on any atom is -0.00271 e. The van der Waals surface area contributed by atoms with E-state index < -0.39 is 0 Å². The fraction of sp³-hybridized carbons (Fsp3) is 0.623. The van der Waals surface area contributed by atoms with Gasteiger partial charge in [-0.15, -0.1) is 25.0 Å². The van der Waals surface area contributed by atoms with Gasteiger partial charge in [0.25, 0.3) is 0 Å². The molecule has 0 spiro atoms. The summed E-state index contributed by atoms with van der Waals surface area (Å²) in [5.74, 6) is 6.67. The average Bonchev–Trinajstić information content (AvgIpc) is 3.32. The lowest BCUT2D eigenvalue weighted by molar-refractivity contribution is 0.373. The molecular formula is C69H128. The molecule has 404 valence electrons. The summed E-state index contributed by atoms with van der Waals surface area (Å²) in [5, 5.41) is 0. The van der Waals surface area contributed by atoms with Crippen LogP contribution in [-0.4, -0.2) is 0 Å². The molecular weight excluding hydrogens is 829 g/mol. The summed E-state index contributed by atoms with van der Waals surface area (Å²) in [7, 11) is 0. The molecule has 0 aliphatic rings. The van der Waals surface area contributed by atoms with Crippen molar-refractivity contribution in [1.82, 2.24) is 0 Å². The summed E-state index contributed by atoms with van der Waals surface area (Å²) < 4.78 is 0. The van der Waals surface area contributed by atoms with Crippen LogP contribution in [0.3, 0.4) is 0 Å². The van der Waals surface area contributed by atoms with Gasteiger partial charge in [-0.2, -0.15) is 0 Å². The van der Waals surface area contributed by atoms with Crippen LogP contribution in [0.2, 0.25) is 0 Å². The normalized spacial score (nSPS) is 11.2. The fourth-order valence-electron chi connectivity index (χ4n) is 5.54. The SMILES string of the molecule is C=C(C)CC.C=C/C(CCC)=C(C=C)/C(C)=C(/C=C(C)/C=C\C(=C/C)c1cc(C)cc(CC(C)C=C)c1)CC.CC.CC.CC.CC#CC.CC(C)C.CCC.CCCC(C)(C)C.CCCCCC. The zero-order chi connectivity index (χ0) is 56.4. The first-order chi connectivity index (χ1) is 32.5. The minimum absolute atomic E-state index is 0.473. The molecule has 0 fully saturated rings. The Morgan fingerprint density at radius 2 is 1.12 bits per heavy atom. The van der Waals surface area contributed by atoms with Crippen molar-refractivity contribution in [3.05, 3.63) is 137 Å². The molecule has 0 saturated heterocycles. The average molecular weight is 958 g/mol. The van der Waals surface area contributed by atoms with Gasteiger partial charge in [-0.1, -0.05) is 281 Å². The van der Waals surface area contributed by atoms with E-state index >= 15 is 0 Å². The topological polar surface area (TPSA) is 0 Å². The van der Waals surface area contributed by atoms with Crippen LogP contribution in [0.15, 0.2) is 120 Å². The van der Waals surface area contributed by atoms with E-state index in [0.717, 1.165) is 38.0 Å². The Hall–Kier alpha value is -3.56. The molecule has 0 heterocycles. The monoisotopic (exact) mass is 957 g/mol. The highest BCUT2D eigenvalue weighted by Gasteiger charge is 2.08. The second kappa shape index (κ2) is 66.5. The maximum atomic E-state index is 4.08.